The summed E-state index contributed by atoms with van der Waals surface area (Å²) in [5, 5.41) is 23.5. The molecular weight excluding hydrogens is 626 g/mol. The average molecular weight is 672 g/mol. The number of anilines is 1. The van der Waals surface area contributed by atoms with Crippen LogP contribution in [0.5, 0.6) is 11.5 Å². The smallest absolute Gasteiger partial charge is 0.129 e. The highest BCUT2D eigenvalue weighted by molar-refractivity contribution is 5.76. The van der Waals surface area contributed by atoms with Gasteiger partial charge < -0.3 is 35.1 Å². The fourth-order valence-electron chi connectivity index (χ4n) is 7.18. The Morgan fingerprint density at radius 2 is 1.64 bits per heavy atom. The predicted octanol–water partition coefficient (Wildman–Crippen LogP) is 5.00. The van der Waals surface area contributed by atoms with E-state index in [1.54, 1.807) is 19.2 Å². The van der Waals surface area contributed by atoms with Gasteiger partial charge in [0.2, 0.25) is 0 Å². The number of hydrogen-bond donors (Lipinski definition) is 2. The minimum Gasteiger partial charge on any atom is -0.550 e. The summed E-state index contributed by atoms with van der Waals surface area (Å²) in [6, 6.07) is 36.0. The number of benzene rings is 4. The highest BCUT2D eigenvalue weighted by atomic mass is 16.5. The molecule has 8 heteroatoms. The zero-order valence-electron chi connectivity index (χ0n) is 28.9. The summed E-state index contributed by atoms with van der Waals surface area (Å²) in [5.41, 5.74) is 11.0. The number of rotatable bonds is 10. The van der Waals surface area contributed by atoms with E-state index in [1.165, 1.54) is 5.56 Å². The summed E-state index contributed by atoms with van der Waals surface area (Å²) in [7, 11) is 1.57. The molecule has 2 aliphatic rings. The first-order valence-electron chi connectivity index (χ1n) is 17.2. The molecule has 1 unspecified atom stereocenters. The molecule has 2 heterocycles. The normalized spacial score (nSPS) is 17.3. The molecule has 1 aliphatic carbocycles. The van der Waals surface area contributed by atoms with Crippen LogP contribution in [0.2, 0.25) is 0 Å². The first-order chi connectivity index (χ1) is 24.3. The van der Waals surface area contributed by atoms with Crippen LogP contribution in [-0.2, 0) is 30.9 Å². The largest absolute Gasteiger partial charge is 0.550 e. The number of nitrogens with zero attached hydrogens (tertiary/aromatic N) is 2. The van der Waals surface area contributed by atoms with Crippen LogP contribution in [0.25, 0.3) is 0 Å². The Hall–Kier alpha value is -5.18. The number of fused-ring (bicyclic) bond motifs is 2. The Morgan fingerprint density at radius 1 is 0.940 bits per heavy atom. The third-order valence-electron chi connectivity index (χ3n) is 9.74. The second kappa shape index (κ2) is 15.6. The first kappa shape index (κ1) is 34.7. The number of aliphatic carboxylic acids is 1. The van der Waals surface area contributed by atoms with Crippen LogP contribution in [0.15, 0.2) is 109 Å². The van der Waals surface area contributed by atoms with Crippen LogP contribution in [0, 0.1) is 5.92 Å². The number of carboxylic acid groups (broad SMARTS) is 1. The van der Waals surface area contributed by atoms with Crippen LogP contribution >= 0.6 is 0 Å². The van der Waals surface area contributed by atoms with Gasteiger partial charge in [0, 0.05) is 48.3 Å². The molecule has 0 saturated carbocycles. The molecule has 1 aliphatic heterocycles. The second-order valence-corrected chi connectivity index (χ2v) is 13.1. The Morgan fingerprint density at radius 3 is 2.26 bits per heavy atom. The number of ether oxygens (including phenoxy) is 2. The Kier molecular flexibility index (Phi) is 10.8. The molecule has 0 saturated heterocycles. The van der Waals surface area contributed by atoms with E-state index in [9.17, 15) is 15.0 Å². The van der Waals surface area contributed by atoms with Gasteiger partial charge in [-0.25, -0.2) is 4.98 Å². The summed E-state index contributed by atoms with van der Waals surface area (Å²) in [6.07, 6.45) is 0.840. The van der Waals surface area contributed by atoms with Gasteiger partial charge in [-0.05, 0) is 71.5 Å². The fraction of sp³-hybridized carbons (Fsp3) is 0.286. The van der Waals surface area contributed by atoms with Crippen molar-refractivity contribution in [3.63, 3.8) is 0 Å². The Balaban J connectivity index is 0.000000477. The van der Waals surface area contributed by atoms with Crippen molar-refractivity contribution >= 4 is 11.8 Å². The van der Waals surface area contributed by atoms with E-state index >= 15 is 0 Å². The van der Waals surface area contributed by atoms with E-state index in [4.69, 9.17) is 14.5 Å². The van der Waals surface area contributed by atoms with Gasteiger partial charge >= 0.3 is 0 Å². The third kappa shape index (κ3) is 7.22. The van der Waals surface area contributed by atoms with Crippen molar-refractivity contribution in [2.45, 2.75) is 57.8 Å². The minimum absolute atomic E-state index is 0.145. The number of carbonyl (C=O) groups excluding carboxylic acids is 1. The Labute approximate surface area is 294 Å². The first-order valence-corrected chi connectivity index (χ1v) is 17.2. The maximum absolute atomic E-state index is 13.1. The number of carbonyl (C=O) groups is 1. The molecule has 7 rings (SSSR count). The minimum atomic E-state index is -1.16. The van der Waals surface area contributed by atoms with E-state index < -0.39 is 23.7 Å². The second-order valence-electron chi connectivity index (χ2n) is 13.1. The lowest BCUT2D eigenvalue weighted by molar-refractivity contribution is -0.386. The number of quaternary nitrogens is 1. The molecule has 4 N–H and O–H groups in total. The maximum Gasteiger partial charge on any atom is 0.129 e. The number of aromatic nitrogens is 1. The predicted molar refractivity (Wildman–Crippen MR) is 192 cm³/mol. The molecule has 0 bridgehead atoms. The van der Waals surface area contributed by atoms with Gasteiger partial charge in [0.1, 0.15) is 17.3 Å². The van der Waals surface area contributed by atoms with E-state index in [0.717, 1.165) is 46.8 Å². The monoisotopic (exact) mass is 671 g/mol. The molecule has 5 aromatic rings. The van der Waals surface area contributed by atoms with Crippen molar-refractivity contribution in [2.24, 2.45) is 5.92 Å². The molecule has 1 aromatic heterocycles. The van der Waals surface area contributed by atoms with Gasteiger partial charge in [-0.2, -0.15) is 0 Å². The van der Waals surface area contributed by atoms with Crippen molar-refractivity contribution in [3.8, 4) is 11.5 Å². The zero-order chi connectivity index (χ0) is 35.2. The van der Waals surface area contributed by atoms with E-state index in [-0.39, 0.29) is 12.6 Å². The van der Waals surface area contributed by atoms with E-state index in [2.05, 4.69) is 48.7 Å². The van der Waals surface area contributed by atoms with Gasteiger partial charge in [-0.15, -0.1) is 0 Å². The van der Waals surface area contributed by atoms with Gasteiger partial charge in [-0.1, -0.05) is 84.9 Å². The van der Waals surface area contributed by atoms with Crippen molar-refractivity contribution in [1.29, 1.82) is 0 Å². The highest BCUT2D eigenvalue weighted by Crippen LogP contribution is 2.53. The molecule has 0 amide bonds. The van der Waals surface area contributed by atoms with Crippen molar-refractivity contribution in [3.05, 3.63) is 154 Å². The Bertz CT molecular complexity index is 1910. The van der Waals surface area contributed by atoms with Gasteiger partial charge in [0.05, 0.1) is 32.6 Å². The molecule has 3 atom stereocenters. The van der Waals surface area contributed by atoms with Gasteiger partial charge in [0.15, 0.2) is 0 Å². The van der Waals surface area contributed by atoms with E-state index in [1.807, 2.05) is 72.8 Å². The topological polar surface area (TPSA) is 123 Å². The highest BCUT2D eigenvalue weighted by Gasteiger charge is 2.45. The van der Waals surface area contributed by atoms with Gasteiger partial charge in [-0.3, -0.25) is 0 Å². The van der Waals surface area contributed by atoms with Crippen molar-refractivity contribution in [2.75, 3.05) is 18.6 Å². The lowest BCUT2D eigenvalue weighted by Gasteiger charge is -2.29. The van der Waals surface area contributed by atoms with Crippen LogP contribution < -0.4 is 25.2 Å². The van der Waals surface area contributed by atoms with Crippen LogP contribution in [0.1, 0.15) is 70.3 Å². The maximum atomic E-state index is 13.1. The van der Waals surface area contributed by atoms with Crippen molar-refractivity contribution < 1.29 is 30.2 Å². The lowest BCUT2D eigenvalue weighted by Crippen LogP contribution is -2.47. The van der Waals surface area contributed by atoms with Crippen LogP contribution in [0.4, 0.5) is 5.82 Å². The quantitative estimate of drug-likeness (QED) is 0.214. The van der Waals surface area contributed by atoms with E-state index in [0.29, 0.717) is 35.7 Å². The molecule has 50 heavy (non-hydrogen) atoms. The molecular formula is C42H45N3O5. The number of aliphatic hydroxyl groups is 1. The third-order valence-corrected chi connectivity index (χ3v) is 9.74. The molecule has 8 nitrogen and oxygen atoms in total. The summed E-state index contributed by atoms with van der Waals surface area (Å²) in [4.78, 5) is 20.5. The fourth-order valence-corrected chi connectivity index (χ4v) is 7.18. The standard InChI is InChI=1S/C35H36N2O5.C7H9N/c1-21(2)37(19-22-7-5-4-6-8-22)30-14-13-28-31(24-10-9-23-15-16-42-29(23)18-24)33(35(39)40)32(34(28)36-30)27-12-11-26(41-3)17-25(27)20-38;8-6-7-4-2-1-3-5-7/h4-14,17-18,21,31-33,38H,15-16,19-20H2,1-3H3,(H,39,40);1-5H,6,8H2/t31?,32-,33+;/m0./s1. The van der Waals surface area contributed by atoms with Crippen LogP contribution in [-0.4, -0.2) is 35.8 Å². The summed E-state index contributed by atoms with van der Waals surface area (Å²) < 4.78 is 11.3. The number of pyridine rings is 1. The number of hydrogen-bond acceptors (Lipinski definition) is 7. The number of methoxy groups -OCH3 is 1. The molecule has 0 fully saturated rings. The van der Waals surface area contributed by atoms with Gasteiger partial charge in [0.25, 0.3) is 0 Å². The zero-order valence-corrected chi connectivity index (χ0v) is 28.9. The average Bonchev–Trinajstić information content (AvgIpc) is 3.76. The van der Waals surface area contributed by atoms with Crippen LogP contribution in [0.3, 0.4) is 0 Å². The molecule has 0 radical (unpaired) electrons. The molecule has 0 spiro atoms. The molecule has 258 valence electrons. The summed E-state index contributed by atoms with van der Waals surface area (Å²) in [5.74, 6) is -1.07. The summed E-state index contributed by atoms with van der Waals surface area (Å²) >= 11 is 0. The van der Waals surface area contributed by atoms with Crippen molar-refractivity contribution in [1.82, 2.24) is 4.98 Å². The lowest BCUT2D eigenvalue weighted by atomic mass is 9.78. The SMILES string of the molecule is COc1ccc([C@@H]2c3nc(N(Cc4ccccc4)C(C)C)ccc3C(c3ccc4c(c3)OCC4)[C@H]2C(=O)[O-])c(CO)c1.[NH3+]Cc1ccccc1. The number of carboxylic acids is 1. The summed E-state index contributed by atoms with van der Waals surface area (Å²) in [6.45, 7) is 6.16. The number of aliphatic hydroxyl groups excluding tert-OH is 1. The molecule has 4 aromatic carbocycles.